The van der Waals surface area contributed by atoms with Gasteiger partial charge in [-0.2, -0.15) is 0 Å². The normalized spacial score (nSPS) is 15.5. The minimum atomic E-state index is 0.682. The number of aromatic amines is 2. The molecule has 16 heavy (non-hydrogen) atoms. The SMILES string of the molecule is C1CNCCN1.S=c1[nH]c2ccccc2[nH]1. The second-order valence-corrected chi connectivity index (χ2v) is 4.03. The number of benzene rings is 1. The number of hydrogen-bond donors (Lipinski definition) is 4. The average Bonchev–Trinajstić information content (AvgIpc) is 2.72. The van der Waals surface area contributed by atoms with E-state index in [0.29, 0.717) is 4.77 Å². The molecule has 0 unspecified atom stereocenters. The molecule has 1 fully saturated rings. The minimum absolute atomic E-state index is 0.682. The number of hydrogen-bond acceptors (Lipinski definition) is 3. The van der Waals surface area contributed by atoms with Gasteiger partial charge in [-0.3, -0.25) is 0 Å². The van der Waals surface area contributed by atoms with Crippen molar-refractivity contribution in [1.29, 1.82) is 0 Å². The van der Waals surface area contributed by atoms with Crippen LogP contribution in [0.25, 0.3) is 11.0 Å². The zero-order chi connectivity index (χ0) is 11.2. The summed E-state index contributed by atoms with van der Waals surface area (Å²) in [6, 6.07) is 7.92. The Labute approximate surface area is 99.5 Å². The molecular formula is C11H16N4S. The number of rotatable bonds is 0. The van der Waals surface area contributed by atoms with Crippen LogP contribution in [0.5, 0.6) is 0 Å². The van der Waals surface area contributed by atoms with E-state index in [1.807, 2.05) is 24.3 Å². The highest BCUT2D eigenvalue weighted by Crippen LogP contribution is 2.06. The van der Waals surface area contributed by atoms with Crippen molar-refractivity contribution in [3.05, 3.63) is 29.0 Å². The van der Waals surface area contributed by atoms with E-state index >= 15 is 0 Å². The zero-order valence-electron chi connectivity index (χ0n) is 9.05. The Morgan fingerprint density at radius 2 is 1.25 bits per heavy atom. The lowest BCUT2D eigenvalue weighted by atomic mass is 10.3. The van der Waals surface area contributed by atoms with Crippen LogP contribution in [0.4, 0.5) is 0 Å². The Morgan fingerprint density at radius 1 is 0.812 bits per heavy atom. The Hall–Kier alpha value is -1.17. The number of para-hydroxylation sites is 2. The summed E-state index contributed by atoms with van der Waals surface area (Å²) in [6.07, 6.45) is 0. The summed E-state index contributed by atoms with van der Waals surface area (Å²) in [4.78, 5) is 6.04. The van der Waals surface area contributed by atoms with Gasteiger partial charge in [-0.25, -0.2) is 0 Å². The fourth-order valence-corrected chi connectivity index (χ4v) is 1.80. The summed E-state index contributed by atoms with van der Waals surface area (Å²) in [5, 5.41) is 6.44. The van der Waals surface area contributed by atoms with Gasteiger partial charge in [-0.05, 0) is 24.4 Å². The van der Waals surface area contributed by atoms with Crippen LogP contribution in [-0.2, 0) is 0 Å². The quantitative estimate of drug-likeness (QED) is 0.523. The average molecular weight is 236 g/mol. The van der Waals surface area contributed by atoms with Gasteiger partial charge in [-0.15, -0.1) is 0 Å². The first-order valence-electron chi connectivity index (χ1n) is 5.45. The van der Waals surface area contributed by atoms with E-state index in [2.05, 4.69) is 20.6 Å². The molecule has 4 N–H and O–H groups in total. The van der Waals surface area contributed by atoms with Crippen LogP contribution in [0.2, 0.25) is 0 Å². The molecule has 0 radical (unpaired) electrons. The van der Waals surface area contributed by atoms with Crippen molar-refractivity contribution in [2.75, 3.05) is 26.2 Å². The highest BCUT2D eigenvalue weighted by Gasteiger charge is 1.91. The molecule has 1 aromatic carbocycles. The van der Waals surface area contributed by atoms with E-state index in [4.69, 9.17) is 12.2 Å². The lowest BCUT2D eigenvalue weighted by Gasteiger charge is -2.11. The maximum atomic E-state index is 4.90. The summed E-state index contributed by atoms with van der Waals surface area (Å²) in [5.74, 6) is 0. The molecule has 1 aliphatic heterocycles. The van der Waals surface area contributed by atoms with Gasteiger partial charge in [0.25, 0.3) is 0 Å². The maximum Gasteiger partial charge on any atom is 0.175 e. The van der Waals surface area contributed by atoms with Gasteiger partial charge in [0.1, 0.15) is 0 Å². The van der Waals surface area contributed by atoms with E-state index in [1.54, 1.807) is 0 Å². The second-order valence-electron chi connectivity index (χ2n) is 3.62. The van der Waals surface area contributed by atoms with Crippen LogP contribution in [0.3, 0.4) is 0 Å². The third-order valence-electron chi connectivity index (χ3n) is 2.38. The molecule has 4 nitrogen and oxygen atoms in total. The first-order valence-corrected chi connectivity index (χ1v) is 5.85. The highest BCUT2D eigenvalue weighted by atomic mass is 32.1. The van der Waals surface area contributed by atoms with Crippen LogP contribution in [0, 0.1) is 4.77 Å². The van der Waals surface area contributed by atoms with E-state index in [9.17, 15) is 0 Å². The van der Waals surface area contributed by atoms with Gasteiger partial charge in [0, 0.05) is 26.2 Å². The van der Waals surface area contributed by atoms with Crippen LogP contribution < -0.4 is 10.6 Å². The van der Waals surface area contributed by atoms with Gasteiger partial charge in [-0.1, -0.05) is 12.1 Å². The van der Waals surface area contributed by atoms with E-state index < -0.39 is 0 Å². The first kappa shape index (κ1) is 11.3. The van der Waals surface area contributed by atoms with Gasteiger partial charge in [0.15, 0.2) is 4.77 Å². The van der Waals surface area contributed by atoms with E-state index in [0.717, 1.165) is 37.2 Å². The van der Waals surface area contributed by atoms with Crippen molar-refractivity contribution in [1.82, 2.24) is 20.6 Å². The fraction of sp³-hybridized carbons (Fsp3) is 0.364. The third kappa shape index (κ3) is 3.16. The Kier molecular flexibility index (Phi) is 4.10. The zero-order valence-corrected chi connectivity index (χ0v) is 9.86. The molecule has 0 bridgehead atoms. The molecule has 0 amide bonds. The summed E-state index contributed by atoms with van der Waals surface area (Å²) < 4.78 is 0.682. The molecule has 2 heterocycles. The summed E-state index contributed by atoms with van der Waals surface area (Å²) in [7, 11) is 0. The van der Waals surface area contributed by atoms with Crippen molar-refractivity contribution in [3.8, 4) is 0 Å². The molecule has 5 heteroatoms. The molecule has 3 rings (SSSR count). The van der Waals surface area contributed by atoms with Gasteiger partial charge in [0.05, 0.1) is 11.0 Å². The molecule has 0 saturated carbocycles. The number of H-pyrrole nitrogens is 2. The largest absolute Gasteiger partial charge is 0.331 e. The van der Waals surface area contributed by atoms with E-state index in [1.165, 1.54) is 0 Å². The number of piperazine rings is 1. The fourth-order valence-electron chi connectivity index (χ4n) is 1.58. The smallest absolute Gasteiger partial charge is 0.175 e. The lowest BCUT2D eigenvalue weighted by Crippen LogP contribution is -2.39. The predicted molar refractivity (Wildman–Crippen MR) is 69.2 cm³/mol. The predicted octanol–water partition coefficient (Wildman–Crippen LogP) is 1.40. The number of imidazole rings is 1. The molecule has 0 aliphatic carbocycles. The highest BCUT2D eigenvalue weighted by molar-refractivity contribution is 7.71. The number of aromatic nitrogens is 2. The van der Waals surface area contributed by atoms with Crippen molar-refractivity contribution in [2.45, 2.75) is 0 Å². The molecule has 0 spiro atoms. The Balaban J connectivity index is 0.000000138. The van der Waals surface area contributed by atoms with Crippen LogP contribution in [-0.4, -0.2) is 36.1 Å². The first-order chi connectivity index (χ1) is 7.86. The summed E-state index contributed by atoms with van der Waals surface area (Å²) in [6.45, 7) is 4.56. The molecule has 1 aromatic heterocycles. The molecular weight excluding hydrogens is 220 g/mol. The number of fused-ring (bicyclic) bond motifs is 1. The molecule has 1 aliphatic rings. The van der Waals surface area contributed by atoms with Gasteiger partial charge in [0.2, 0.25) is 0 Å². The van der Waals surface area contributed by atoms with Crippen molar-refractivity contribution < 1.29 is 0 Å². The van der Waals surface area contributed by atoms with Crippen molar-refractivity contribution >= 4 is 23.3 Å². The van der Waals surface area contributed by atoms with Crippen molar-refractivity contribution in [2.24, 2.45) is 0 Å². The standard InChI is InChI=1S/C7H6N2S.C4H10N2/c10-7-8-5-3-1-2-4-6(5)9-7;1-2-6-4-3-5-1/h1-4H,(H2,8,9,10);5-6H,1-4H2. The van der Waals surface area contributed by atoms with Gasteiger partial charge >= 0.3 is 0 Å². The lowest BCUT2D eigenvalue weighted by molar-refractivity contribution is 0.534. The monoisotopic (exact) mass is 236 g/mol. The molecule has 0 atom stereocenters. The van der Waals surface area contributed by atoms with Crippen molar-refractivity contribution in [3.63, 3.8) is 0 Å². The minimum Gasteiger partial charge on any atom is -0.331 e. The molecule has 2 aromatic rings. The van der Waals surface area contributed by atoms with E-state index in [-0.39, 0.29) is 0 Å². The molecule has 1 saturated heterocycles. The number of nitrogens with one attached hydrogen (secondary N) is 4. The third-order valence-corrected chi connectivity index (χ3v) is 2.58. The Morgan fingerprint density at radius 3 is 1.62 bits per heavy atom. The topological polar surface area (TPSA) is 55.6 Å². The Bertz CT molecular complexity index is 436. The van der Waals surface area contributed by atoms with Crippen LogP contribution in [0.1, 0.15) is 0 Å². The summed E-state index contributed by atoms with van der Waals surface area (Å²) in [5.41, 5.74) is 2.13. The van der Waals surface area contributed by atoms with Crippen LogP contribution in [0.15, 0.2) is 24.3 Å². The van der Waals surface area contributed by atoms with Crippen LogP contribution >= 0.6 is 12.2 Å². The second kappa shape index (κ2) is 5.79. The summed E-state index contributed by atoms with van der Waals surface area (Å²) >= 11 is 4.90. The molecule has 86 valence electrons. The maximum absolute atomic E-state index is 4.90. The van der Waals surface area contributed by atoms with Gasteiger partial charge < -0.3 is 20.6 Å².